The quantitative estimate of drug-likeness (QED) is 0.851. The van der Waals surface area contributed by atoms with Crippen molar-refractivity contribution in [2.75, 3.05) is 18.4 Å². The first-order valence-corrected chi connectivity index (χ1v) is 7.72. The molecule has 1 atom stereocenters. The van der Waals surface area contributed by atoms with Gasteiger partial charge >= 0.3 is 0 Å². The van der Waals surface area contributed by atoms with Gasteiger partial charge in [0.25, 0.3) is 5.91 Å². The summed E-state index contributed by atoms with van der Waals surface area (Å²) in [4.78, 5) is 25.9. The Morgan fingerprint density at radius 2 is 1.91 bits per heavy atom. The fourth-order valence-electron chi connectivity index (χ4n) is 3.36. The Bertz CT molecular complexity index is 634. The lowest BCUT2D eigenvalue weighted by Gasteiger charge is -2.31. The highest BCUT2D eigenvalue weighted by atomic mass is 16.2. The number of para-hydroxylation sites is 1. The third kappa shape index (κ3) is 2.85. The summed E-state index contributed by atoms with van der Waals surface area (Å²) in [6, 6.07) is 9.56. The van der Waals surface area contributed by atoms with Gasteiger partial charge in [-0.15, -0.1) is 0 Å². The zero-order valence-corrected chi connectivity index (χ0v) is 12.8. The Balaban J connectivity index is 1.54. The zero-order chi connectivity index (χ0) is 15.6. The molecule has 1 heterocycles. The number of rotatable bonds is 2. The van der Waals surface area contributed by atoms with Crippen LogP contribution < -0.4 is 5.32 Å². The van der Waals surface area contributed by atoms with Crippen LogP contribution in [0.25, 0.3) is 0 Å². The minimum Gasteiger partial charge on any atom is -0.332 e. The summed E-state index contributed by atoms with van der Waals surface area (Å²) in [5.41, 5.74) is 0.954. The topological polar surface area (TPSA) is 49.4 Å². The van der Waals surface area contributed by atoms with Gasteiger partial charge in [0, 0.05) is 24.7 Å². The number of carbonyl (C=O) groups is 2. The molecule has 1 aliphatic carbocycles. The second kappa shape index (κ2) is 5.84. The molecule has 2 fully saturated rings. The lowest BCUT2D eigenvalue weighted by molar-refractivity contribution is -0.126. The average Bonchev–Trinajstić information content (AvgIpc) is 3.23. The normalized spacial score (nSPS) is 21.7. The number of piperidine rings is 1. The number of nitrogens with zero attached hydrogens (tertiary/aromatic N) is 1. The molecule has 2 aliphatic rings. The van der Waals surface area contributed by atoms with Gasteiger partial charge in [0.1, 0.15) is 0 Å². The molecule has 22 heavy (non-hydrogen) atoms. The molecule has 1 N–H and O–H groups in total. The fourth-order valence-corrected chi connectivity index (χ4v) is 3.36. The van der Waals surface area contributed by atoms with E-state index in [1.807, 2.05) is 30.3 Å². The van der Waals surface area contributed by atoms with Gasteiger partial charge in [0.15, 0.2) is 0 Å². The summed E-state index contributed by atoms with van der Waals surface area (Å²) >= 11 is 0. The van der Waals surface area contributed by atoms with Gasteiger partial charge in [-0.05, 0) is 49.7 Å². The molecule has 1 aromatic rings. The van der Waals surface area contributed by atoms with Gasteiger partial charge in [-0.25, -0.2) is 0 Å². The van der Waals surface area contributed by atoms with Crippen molar-refractivity contribution in [1.29, 1.82) is 0 Å². The summed E-state index contributed by atoms with van der Waals surface area (Å²) < 4.78 is 0. The van der Waals surface area contributed by atoms with Gasteiger partial charge in [-0.2, -0.15) is 0 Å². The molecule has 114 valence electrons. The van der Waals surface area contributed by atoms with E-state index in [9.17, 15) is 9.59 Å². The number of amides is 2. The van der Waals surface area contributed by atoms with Crippen molar-refractivity contribution < 1.29 is 9.59 Å². The Morgan fingerprint density at radius 1 is 1.23 bits per heavy atom. The standard InChI is InChI=1S/C18H20N2O2/c1-2-6-16(21)20-11-9-18(10-12-20)13-15(18)17(22)19-14-7-4-3-5-8-14/h3-5,7-8,15H,9-13H2,1H3,(H,19,22). The van der Waals surface area contributed by atoms with E-state index in [0.29, 0.717) is 13.1 Å². The van der Waals surface area contributed by atoms with Crippen LogP contribution in [0.15, 0.2) is 30.3 Å². The van der Waals surface area contributed by atoms with Gasteiger partial charge < -0.3 is 10.2 Å². The molecule has 1 aliphatic heterocycles. The monoisotopic (exact) mass is 296 g/mol. The molecule has 4 heteroatoms. The van der Waals surface area contributed by atoms with Crippen LogP contribution in [-0.4, -0.2) is 29.8 Å². The van der Waals surface area contributed by atoms with Gasteiger partial charge in [-0.1, -0.05) is 24.1 Å². The van der Waals surface area contributed by atoms with E-state index in [1.165, 1.54) is 0 Å². The van der Waals surface area contributed by atoms with E-state index in [-0.39, 0.29) is 23.1 Å². The van der Waals surface area contributed by atoms with E-state index < -0.39 is 0 Å². The molecule has 2 amide bonds. The number of hydrogen-bond donors (Lipinski definition) is 1. The predicted octanol–water partition coefficient (Wildman–Crippen LogP) is 2.28. The molecular weight excluding hydrogens is 276 g/mol. The molecule has 3 rings (SSSR count). The van der Waals surface area contributed by atoms with Crippen LogP contribution in [0, 0.1) is 23.2 Å². The van der Waals surface area contributed by atoms with Gasteiger partial charge in [0.05, 0.1) is 0 Å². The molecular formula is C18H20N2O2. The molecule has 1 unspecified atom stereocenters. The minimum atomic E-state index is -0.0942. The Labute approximate surface area is 130 Å². The SMILES string of the molecule is CC#CC(=O)N1CCC2(CC1)CC2C(=O)Nc1ccccc1. The highest BCUT2D eigenvalue weighted by molar-refractivity contribution is 5.95. The highest BCUT2D eigenvalue weighted by Crippen LogP contribution is 2.59. The molecule has 0 radical (unpaired) electrons. The first-order valence-electron chi connectivity index (χ1n) is 7.72. The summed E-state index contributed by atoms with van der Waals surface area (Å²) in [5, 5.41) is 2.99. The molecule has 0 aromatic heterocycles. The van der Waals surface area contributed by atoms with E-state index in [0.717, 1.165) is 24.9 Å². The summed E-state index contributed by atoms with van der Waals surface area (Å²) in [5.74, 6) is 5.34. The number of benzene rings is 1. The van der Waals surface area contributed by atoms with Crippen molar-refractivity contribution in [3.63, 3.8) is 0 Å². The minimum absolute atomic E-state index is 0.0854. The van der Waals surface area contributed by atoms with Crippen LogP contribution in [0.2, 0.25) is 0 Å². The molecule has 1 spiro atoms. The molecule has 1 saturated carbocycles. The first-order chi connectivity index (χ1) is 10.6. The molecule has 1 aromatic carbocycles. The molecule has 1 saturated heterocycles. The van der Waals surface area contributed by atoms with Crippen molar-refractivity contribution in [3.8, 4) is 11.8 Å². The zero-order valence-electron chi connectivity index (χ0n) is 12.8. The Hall–Kier alpha value is -2.28. The smallest absolute Gasteiger partial charge is 0.298 e. The maximum absolute atomic E-state index is 12.4. The lowest BCUT2D eigenvalue weighted by Crippen LogP contribution is -2.39. The Kier molecular flexibility index (Phi) is 3.89. The average molecular weight is 296 g/mol. The summed E-state index contributed by atoms with van der Waals surface area (Å²) in [6.07, 6.45) is 2.74. The van der Waals surface area contributed by atoms with Crippen LogP contribution in [0.5, 0.6) is 0 Å². The fraction of sp³-hybridized carbons (Fsp3) is 0.444. The van der Waals surface area contributed by atoms with E-state index in [1.54, 1.807) is 11.8 Å². The number of likely N-dealkylation sites (tertiary alicyclic amines) is 1. The number of hydrogen-bond acceptors (Lipinski definition) is 2. The predicted molar refractivity (Wildman–Crippen MR) is 84.9 cm³/mol. The first kappa shape index (κ1) is 14.6. The maximum Gasteiger partial charge on any atom is 0.298 e. The summed E-state index contributed by atoms with van der Waals surface area (Å²) in [7, 11) is 0. The highest BCUT2D eigenvalue weighted by Gasteiger charge is 2.58. The van der Waals surface area contributed by atoms with E-state index in [2.05, 4.69) is 17.2 Å². The van der Waals surface area contributed by atoms with Gasteiger partial charge in [-0.3, -0.25) is 9.59 Å². The van der Waals surface area contributed by atoms with Crippen molar-refractivity contribution in [1.82, 2.24) is 4.90 Å². The maximum atomic E-state index is 12.4. The van der Waals surface area contributed by atoms with E-state index in [4.69, 9.17) is 0 Å². The third-order valence-corrected chi connectivity index (χ3v) is 4.83. The van der Waals surface area contributed by atoms with Crippen LogP contribution in [-0.2, 0) is 9.59 Å². The van der Waals surface area contributed by atoms with E-state index >= 15 is 0 Å². The number of carbonyl (C=O) groups excluding carboxylic acids is 2. The Morgan fingerprint density at radius 3 is 2.55 bits per heavy atom. The largest absolute Gasteiger partial charge is 0.332 e. The van der Waals surface area contributed by atoms with Crippen LogP contribution in [0.1, 0.15) is 26.2 Å². The third-order valence-electron chi connectivity index (χ3n) is 4.83. The second-order valence-corrected chi connectivity index (χ2v) is 6.14. The van der Waals surface area contributed by atoms with Crippen molar-refractivity contribution in [2.24, 2.45) is 11.3 Å². The second-order valence-electron chi connectivity index (χ2n) is 6.14. The van der Waals surface area contributed by atoms with Crippen LogP contribution in [0.4, 0.5) is 5.69 Å². The van der Waals surface area contributed by atoms with Crippen molar-refractivity contribution in [2.45, 2.75) is 26.2 Å². The number of nitrogens with one attached hydrogen (secondary N) is 1. The van der Waals surface area contributed by atoms with Crippen molar-refractivity contribution >= 4 is 17.5 Å². The van der Waals surface area contributed by atoms with Crippen molar-refractivity contribution in [3.05, 3.63) is 30.3 Å². The molecule has 4 nitrogen and oxygen atoms in total. The number of anilines is 1. The lowest BCUT2D eigenvalue weighted by atomic mass is 9.90. The summed E-state index contributed by atoms with van der Waals surface area (Å²) in [6.45, 7) is 3.10. The van der Waals surface area contributed by atoms with Crippen LogP contribution >= 0.6 is 0 Å². The van der Waals surface area contributed by atoms with Gasteiger partial charge in [0.2, 0.25) is 5.91 Å². The molecule has 0 bridgehead atoms. The van der Waals surface area contributed by atoms with Crippen LogP contribution in [0.3, 0.4) is 0 Å².